The van der Waals surface area contributed by atoms with Gasteiger partial charge in [0.25, 0.3) is 0 Å². The molecule has 0 aliphatic rings. The standard InChI is InChI=1S/C11H12FNO3/c1-7-6-8(2-3-9(7)12)13-10(14)4-5-11(15)16/h2-3,6H,4-5H2,1H3,(H,13,14)(H,15,16). The summed E-state index contributed by atoms with van der Waals surface area (Å²) in [6, 6.07) is 4.18. The van der Waals surface area contributed by atoms with Crippen LogP contribution >= 0.6 is 0 Å². The fraction of sp³-hybridized carbons (Fsp3) is 0.273. The normalized spacial score (nSPS) is 9.88. The zero-order chi connectivity index (χ0) is 12.1. The molecular formula is C11H12FNO3. The lowest BCUT2D eigenvalue weighted by molar-refractivity contribution is -0.138. The molecule has 0 bridgehead atoms. The van der Waals surface area contributed by atoms with E-state index in [2.05, 4.69) is 5.32 Å². The third-order valence-corrected chi connectivity index (χ3v) is 2.01. The van der Waals surface area contributed by atoms with Crippen LogP contribution in [0.2, 0.25) is 0 Å². The second-order valence-corrected chi connectivity index (χ2v) is 3.41. The molecule has 0 aliphatic heterocycles. The Morgan fingerprint density at radius 2 is 2.06 bits per heavy atom. The van der Waals surface area contributed by atoms with E-state index >= 15 is 0 Å². The summed E-state index contributed by atoms with van der Waals surface area (Å²) in [6.45, 7) is 1.59. The lowest BCUT2D eigenvalue weighted by Crippen LogP contribution is -2.13. The quantitative estimate of drug-likeness (QED) is 0.822. The van der Waals surface area contributed by atoms with Crippen LogP contribution in [0.1, 0.15) is 18.4 Å². The Kier molecular flexibility index (Phi) is 3.99. The molecule has 0 radical (unpaired) electrons. The van der Waals surface area contributed by atoms with Gasteiger partial charge < -0.3 is 10.4 Å². The fourth-order valence-electron chi connectivity index (χ4n) is 1.17. The molecule has 1 rings (SSSR count). The molecule has 0 spiro atoms. The maximum absolute atomic E-state index is 12.9. The van der Waals surface area contributed by atoms with E-state index in [9.17, 15) is 14.0 Å². The van der Waals surface area contributed by atoms with Gasteiger partial charge in [-0.05, 0) is 30.7 Å². The van der Waals surface area contributed by atoms with Crippen LogP contribution in [0.5, 0.6) is 0 Å². The molecule has 86 valence electrons. The van der Waals surface area contributed by atoms with Crippen molar-refractivity contribution in [2.24, 2.45) is 0 Å². The lowest BCUT2D eigenvalue weighted by atomic mass is 10.2. The third kappa shape index (κ3) is 3.68. The van der Waals surface area contributed by atoms with Crippen molar-refractivity contribution in [1.29, 1.82) is 0 Å². The molecule has 0 heterocycles. The number of carboxylic acids is 1. The van der Waals surface area contributed by atoms with Crippen molar-refractivity contribution in [2.75, 3.05) is 5.32 Å². The van der Waals surface area contributed by atoms with Crippen LogP contribution in [0.25, 0.3) is 0 Å². The van der Waals surface area contributed by atoms with Crippen LogP contribution in [-0.4, -0.2) is 17.0 Å². The van der Waals surface area contributed by atoms with Gasteiger partial charge in [-0.3, -0.25) is 9.59 Å². The number of nitrogens with one attached hydrogen (secondary N) is 1. The summed E-state index contributed by atoms with van der Waals surface area (Å²) in [6.07, 6.45) is -0.308. The molecule has 5 heteroatoms. The lowest BCUT2D eigenvalue weighted by Gasteiger charge is -2.05. The minimum atomic E-state index is -1.02. The van der Waals surface area contributed by atoms with Crippen molar-refractivity contribution >= 4 is 17.6 Å². The van der Waals surface area contributed by atoms with E-state index in [0.29, 0.717) is 11.3 Å². The number of halogens is 1. The number of rotatable bonds is 4. The molecule has 16 heavy (non-hydrogen) atoms. The second-order valence-electron chi connectivity index (χ2n) is 3.41. The van der Waals surface area contributed by atoms with Gasteiger partial charge >= 0.3 is 5.97 Å². The van der Waals surface area contributed by atoms with Crippen LogP contribution in [0.3, 0.4) is 0 Å². The molecule has 1 aromatic rings. The third-order valence-electron chi connectivity index (χ3n) is 2.01. The van der Waals surface area contributed by atoms with Gasteiger partial charge in [0, 0.05) is 12.1 Å². The summed E-state index contributed by atoms with van der Waals surface area (Å²) in [5.41, 5.74) is 0.894. The van der Waals surface area contributed by atoms with Crippen molar-refractivity contribution in [2.45, 2.75) is 19.8 Å². The number of hydrogen-bond acceptors (Lipinski definition) is 2. The maximum atomic E-state index is 12.9. The minimum absolute atomic E-state index is 0.0915. The SMILES string of the molecule is Cc1cc(NC(=O)CCC(=O)O)ccc1F. The Balaban J connectivity index is 2.56. The monoisotopic (exact) mass is 225 g/mol. The minimum Gasteiger partial charge on any atom is -0.481 e. The van der Waals surface area contributed by atoms with Gasteiger partial charge in [0.2, 0.25) is 5.91 Å². The number of carboxylic acid groups (broad SMARTS) is 1. The highest BCUT2D eigenvalue weighted by Gasteiger charge is 2.06. The number of carbonyl (C=O) groups is 2. The van der Waals surface area contributed by atoms with Crippen LogP contribution in [0.4, 0.5) is 10.1 Å². The van der Waals surface area contributed by atoms with Crippen molar-refractivity contribution < 1.29 is 19.1 Å². The van der Waals surface area contributed by atoms with Gasteiger partial charge in [-0.2, -0.15) is 0 Å². The van der Waals surface area contributed by atoms with E-state index in [1.807, 2.05) is 0 Å². The molecule has 1 aromatic carbocycles. The van der Waals surface area contributed by atoms with Crippen LogP contribution in [-0.2, 0) is 9.59 Å². The number of aryl methyl sites for hydroxylation is 1. The van der Waals surface area contributed by atoms with Crippen molar-refractivity contribution in [3.05, 3.63) is 29.6 Å². The van der Waals surface area contributed by atoms with Crippen molar-refractivity contribution in [1.82, 2.24) is 0 Å². The molecular weight excluding hydrogens is 213 g/mol. The summed E-state index contributed by atoms with van der Waals surface area (Å²) >= 11 is 0. The van der Waals surface area contributed by atoms with E-state index in [-0.39, 0.29) is 18.7 Å². The van der Waals surface area contributed by atoms with E-state index in [0.717, 1.165) is 0 Å². The van der Waals surface area contributed by atoms with Crippen LogP contribution in [0, 0.1) is 12.7 Å². The highest BCUT2D eigenvalue weighted by Crippen LogP contribution is 2.13. The molecule has 0 atom stereocenters. The number of aliphatic carboxylic acids is 1. The van der Waals surface area contributed by atoms with Crippen molar-refractivity contribution in [3.63, 3.8) is 0 Å². The first-order valence-corrected chi connectivity index (χ1v) is 4.77. The molecule has 0 aliphatic carbocycles. The Morgan fingerprint density at radius 3 is 2.62 bits per heavy atom. The number of benzene rings is 1. The number of hydrogen-bond donors (Lipinski definition) is 2. The predicted octanol–water partition coefficient (Wildman–Crippen LogP) is 1.94. The van der Waals surface area contributed by atoms with Gasteiger partial charge in [-0.15, -0.1) is 0 Å². The Morgan fingerprint density at radius 1 is 1.38 bits per heavy atom. The Labute approximate surface area is 92.1 Å². The topological polar surface area (TPSA) is 66.4 Å². The highest BCUT2D eigenvalue weighted by molar-refractivity contribution is 5.92. The first kappa shape index (κ1) is 12.2. The first-order valence-electron chi connectivity index (χ1n) is 4.77. The fourth-order valence-corrected chi connectivity index (χ4v) is 1.17. The number of carbonyl (C=O) groups excluding carboxylic acids is 1. The van der Waals surface area contributed by atoms with E-state index in [1.54, 1.807) is 6.92 Å². The Bertz CT molecular complexity index is 418. The Hall–Kier alpha value is -1.91. The molecule has 0 aromatic heterocycles. The summed E-state index contributed by atoms with van der Waals surface area (Å²) in [7, 11) is 0. The molecule has 4 nitrogen and oxygen atoms in total. The number of anilines is 1. The largest absolute Gasteiger partial charge is 0.481 e. The van der Waals surface area contributed by atoms with Crippen LogP contribution < -0.4 is 5.32 Å². The molecule has 0 saturated heterocycles. The van der Waals surface area contributed by atoms with Crippen molar-refractivity contribution in [3.8, 4) is 0 Å². The van der Waals surface area contributed by atoms with E-state index in [1.165, 1.54) is 18.2 Å². The molecule has 1 amide bonds. The van der Waals surface area contributed by atoms with Crippen LogP contribution in [0.15, 0.2) is 18.2 Å². The summed E-state index contributed by atoms with van der Waals surface area (Å²) < 4.78 is 12.9. The summed E-state index contributed by atoms with van der Waals surface area (Å²) in [4.78, 5) is 21.5. The van der Waals surface area contributed by atoms with Gasteiger partial charge in [0.05, 0.1) is 6.42 Å². The average Bonchev–Trinajstić information content (AvgIpc) is 2.21. The molecule has 0 fully saturated rings. The van der Waals surface area contributed by atoms with E-state index in [4.69, 9.17) is 5.11 Å². The number of amides is 1. The molecule has 2 N–H and O–H groups in total. The van der Waals surface area contributed by atoms with Gasteiger partial charge in [-0.25, -0.2) is 4.39 Å². The summed E-state index contributed by atoms with van der Waals surface area (Å²) in [5, 5.41) is 10.9. The second kappa shape index (κ2) is 5.25. The molecule has 0 unspecified atom stereocenters. The average molecular weight is 225 g/mol. The van der Waals surface area contributed by atoms with Gasteiger partial charge in [0.1, 0.15) is 5.82 Å². The van der Waals surface area contributed by atoms with Gasteiger partial charge in [0.15, 0.2) is 0 Å². The zero-order valence-corrected chi connectivity index (χ0v) is 8.79. The smallest absolute Gasteiger partial charge is 0.303 e. The first-order chi connectivity index (χ1) is 7.49. The molecule has 0 saturated carbocycles. The van der Waals surface area contributed by atoms with Gasteiger partial charge in [-0.1, -0.05) is 0 Å². The summed E-state index contributed by atoms with van der Waals surface area (Å²) in [5.74, 6) is -1.76. The van der Waals surface area contributed by atoms with E-state index < -0.39 is 11.9 Å². The highest BCUT2D eigenvalue weighted by atomic mass is 19.1. The zero-order valence-electron chi connectivity index (χ0n) is 8.79. The predicted molar refractivity (Wildman–Crippen MR) is 56.6 cm³/mol. The maximum Gasteiger partial charge on any atom is 0.303 e.